The molecule has 4 rings (SSSR count). The molecule has 148 valence electrons. The van der Waals surface area contributed by atoms with E-state index in [4.69, 9.17) is 4.74 Å². The second-order valence-corrected chi connectivity index (χ2v) is 10.6. The summed E-state index contributed by atoms with van der Waals surface area (Å²) in [5, 5.41) is 2.44. The number of nitrogens with zero attached hydrogens (tertiary/aromatic N) is 1. The molecule has 0 spiro atoms. The molecule has 1 N–H and O–H groups in total. The van der Waals surface area contributed by atoms with Gasteiger partial charge >= 0.3 is 0 Å². The van der Waals surface area contributed by atoms with Crippen molar-refractivity contribution in [1.29, 1.82) is 0 Å². The van der Waals surface area contributed by atoms with Gasteiger partial charge in [-0.3, -0.25) is 4.79 Å². The molecule has 0 saturated carbocycles. The molecule has 1 amide bonds. The molecule has 2 aliphatic rings. The molecule has 2 aromatic carbocycles. The number of methoxy groups -OCH3 is 1. The first kappa shape index (κ1) is 19.8. The summed E-state index contributed by atoms with van der Waals surface area (Å²) in [7, 11) is -2.11. The third-order valence-corrected chi connectivity index (χ3v) is 8.62. The van der Waals surface area contributed by atoms with Crippen LogP contribution in [0.15, 0.2) is 45.8 Å². The van der Waals surface area contributed by atoms with Crippen molar-refractivity contribution < 1.29 is 17.9 Å². The van der Waals surface area contributed by atoms with Gasteiger partial charge < -0.3 is 10.1 Å². The van der Waals surface area contributed by atoms with Crippen molar-refractivity contribution in [3.63, 3.8) is 0 Å². The van der Waals surface area contributed by atoms with Crippen LogP contribution < -0.4 is 10.1 Å². The first-order chi connectivity index (χ1) is 13.4. The Morgan fingerprint density at radius 3 is 2.82 bits per heavy atom. The summed E-state index contributed by atoms with van der Waals surface area (Å²) in [6, 6.07) is 10.5. The molecule has 0 aliphatic carbocycles. The standard InChI is InChI=1S/C19H19BrN2O4S2/c1-26-17-6-3-13(20)11-15(17)19-22(8-9-27-19)28(24,25)14-4-5-16-12(10-14)2-7-18(23)21-16/h3-6,10-11,19H,2,7-9H2,1H3,(H,21,23). The van der Waals surface area contributed by atoms with Crippen LogP contribution in [0.3, 0.4) is 0 Å². The van der Waals surface area contributed by atoms with E-state index < -0.39 is 10.0 Å². The molecule has 2 aliphatic heterocycles. The van der Waals surface area contributed by atoms with E-state index in [9.17, 15) is 13.2 Å². The van der Waals surface area contributed by atoms with Crippen molar-refractivity contribution in [1.82, 2.24) is 4.31 Å². The van der Waals surface area contributed by atoms with Crippen LogP contribution in [0, 0.1) is 0 Å². The maximum Gasteiger partial charge on any atom is 0.244 e. The molecule has 2 heterocycles. The quantitative estimate of drug-likeness (QED) is 0.717. The minimum Gasteiger partial charge on any atom is -0.496 e. The molecule has 2 aromatic rings. The number of hydrogen-bond acceptors (Lipinski definition) is 5. The fourth-order valence-electron chi connectivity index (χ4n) is 3.50. The normalized spacial score (nSPS) is 19.9. The highest BCUT2D eigenvalue weighted by atomic mass is 79.9. The van der Waals surface area contributed by atoms with E-state index in [2.05, 4.69) is 21.2 Å². The number of carbonyl (C=O) groups is 1. The lowest BCUT2D eigenvalue weighted by Gasteiger charge is -2.26. The number of rotatable bonds is 4. The van der Waals surface area contributed by atoms with Crippen LogP contribution in [0.25, 0.3) is 0 Å². The number of fused-ring (bicyclic) bond motifs is 1. The number of anilines is 1. The average molecular weight is 483 g/mol. The third-order valence-electron chi connectivity index (χ3n) is 4.89. The summed E-state index contributed by atoms with van der Waals surface area (Å²) >= 11 is 5.05. The number of nitrogens with one attached hydrogen (secondary N) is 1. The number of benzene rings is 2. The number of carbonyl (C=O) groups excluding carboxylic acids is 1. The van der Waals surface area contributed by atoms with Crippen LogP contribution in [0.4, 0.5) is 5.69 Å². The SMILES string of the molecule is COc1ccc(Br)cc1C1SCCN1S(=O)(=O)c1ccc2c(c1)CCC(=O)N2. The van der Waals surface area contributed by atoms with Crippen molar-refractivity contribution >= 4 is 49.3 Å². The average Bonchev–Trinajstić information content (AvgIpc) is 3.18. The van der Waals surface area contributed by atoms with Crippen molar-refractivity contribution in [3.05, 3.63) is 52.0 Å². The van der Waals surface area contributed by atoms with E-state index in [1.54, 1.807) is 37.1 Å². The lowest BCUT2D eigenvalue weighted by Crippen LogP contribution is -2.31. The Bertz CT molecular complexity index is 1040. The van der Waals surface area contributed by atoms with E-state index in [0.29, 0.717) is 36.6 Å². The minimum atomic E-state index is -3.69. The van der Waals surface area contributed by atoms with Gasteiger partial charge in [0.15, 0.2) is 0 Å². The van der Waals surface area contributed by atoms with Gasteiger partial charge in [-0.2, -0.15) is 4.31 Å². The summed E-state index contributed by atoms with van der Waals surface area (Å²) in [5.74, 6) is 1.33. The number of sulfonamides is 1. The Morgan fingerprint density at radius 2 is 2.04 bits per heavy atom. The van der Waals surface area contributed by atoms with E-state index >= 15 is 0 Å². The molecule has 0 aromatic heterocycles. The fourth-order valence-corrected chi connectivity index (χ4v) is 7.18. The number of aryl methyl sites for hydroxylation is 1. The molecule has 1 saturated heterocycles. The smallest absolute Gasteiger partial charge is 0.244 e. The number of hydrogen-bond donors (Lipinski definition) is 1. The Balaban J connectivity index is 1.71. The zero-order valence-corrected chi connectivity index (χ0v) is 18.4. The van der Waals surface area contributed by atoms with Crippen molar-refractivity contribution in [2.45, 2.75) is 23.1 Å². The first-order valence-electron chi connectivity index (χ1n) is 8.80. The second kappa shape index (κ2) is 7.70. The van der Waals surface area contributed by atoms with Crippen LogP contribution in [0.1, 0.15) is 22.9 Å². The molecule has 28 heavy (non-hydrogen) atoms. The Labute approximate surface area is 176 Å². The van der Waals surface area contributed by atoms with Crippen molar-refractivity contribution in [2.24, 2.45) is 0 Å². The third kappa shape index (κ3) is 3.56. The monoisotopic (exact) mass is 482 g/mol. The van der Waals surface area contributed by atoms with Crippen LogP contribution in [0.2, 0.25) is 0 Å². The lowest BCUT2D eigenvalue weighted by molar-refractivity contribution is -0.116. The largest absolute Gasteiger partial charge is 0.496 e. The van der Waals surface area contributed by atoms with Crippen LogP contribution in [0.5, 0.6) is 5.75 Å². The van der Waals surface area contributed by atoms with Gasteiger partial charge in [0.05, 0.1) is 17.4 Å². The Morgan fingerprint density at radius 1 is 1.21 bits per heavy atom. The zero-order valence-electron chi connectivity index (χ0n) is 15.1. The molecular formula is C19H19BrN2O4S2. The molecule has 0 bridgehead atoms. The molecule has 6 nitrogen and oxygen atoms in total. The van der Waals surface area contributed by atoms with Gasteiger partial charge in [-0.15, -0.1) is 11.8 Å². The first-order valence-corrected chi connectivity index (χ1v) is 12.1. The van der Waals surface area contributed by atoms with Gasteiger partial charge in [-0.1, -0.05) is 15.9 Å². The summed E-state index contributed by atoms with van der Waals surface area (Å²) in [6.07, 6.45) is 0.913. The van der Waals surface area contributed by atoms with E-state index in [1.807, 2.05) is 18.2 Å². The van der Waals surface area contributed by atoms with Crippen LogP contribution in [-0.2, 0) is 21.2 Å². The number of thioether (sulfide) groups is 1. The predicted molar refractivity (Wildman–Crippen MR) is 113 cm³/mol. The number of ether oxygens (including phenoxy) is 1. The predicted octanol–water partition coefficient (Wildman–Crippen LogP) is 3.78. The number of halogens is 1. The zero-order chi connectivity index (χ0) is 19.9. The Hall–Kier alpha value is -1.55. The van der Waals surface area contributed by atoms with Gasteiger partial charge in [0.1, 0.15) is 5.75 Å². The van der Waals surface area contributed by atoms with Gasteiger partial charge in [-0.25, -0.2) is 8.42 Å². The van der Waals surface area contributed by atoms with Gasteiger partial charge in [0.25, 0.3) is 0 Å². The van der Waals surface area contributed by atoms with Crippen molar-refractivity contribution in [3.8, 4) is 5.75 Å². The maximum atomic E-state index is 13.4. The lowest BCUT2D eigenvalue weighted by atomic mass is 10.0. The summed E-state index contributed by atoms with van der Waals surface area (Å²) in [4.78, 5) is 11.8. The molecule has 1 atom stereocenters. The van der Waals surface area contributed by atoms with E-state index in [1.165, 1.54) is 4.31 Å². The minimum absolute atomic E-state index is 0.0409. The van der Waals surface area contributed by atoms with E-state index in [-0.39, 0.29) is 16.2 Å². The maximum absolute atomic E-state index is 13.4. The molecule has 1 fully saturated rings. The van der Waals surface area contributed by atoms with Gasteiger partial charge in [-0.05, 0) is 48.4 Å². The van der Waals surface area contributed by atoms with Crippen molar-refractivity contribution in [2.75, 3.05) is 24.7 Å². The summed E-state index contributed by atoms with van der Waals surface area (Å²) in [6.45, 7) is 0.432. The van der Waals surface area contributed by atoms with Gasteiger partial charge in [0.2, 0.25) is 15.9 Å². The second-order valence-electron chi connectivity index (χ2n) is 6.59. The highest BCUT2D eigenvalue weighted by Crippen LogP contribution is 2.45. The number of amides is 1. The van der Waals surface area contributed by atoms with E-state index in [0.717, 1.165) is 15.6 Å². The Kier molecular flexibility index (Phi) is 5.43. The topological polar surface area (TPSA) is 75.7 Å². The van der Waals surface area contributed by atoms with Crippen LogP contribution in [-0.4, -0.2) is 38.0 Å². The molecule has 0 radical (unpaired) electrons. The summed E-state index contributed by atoms with van der Waals surface area (Å²) < 4.78 is 34.7. The summed E-state index contributed by atoms with van der Waals surface area (Å²) in [5.41, 5.74) is 2.37. The molecule has 1 unspecified atom stereocenters. The highest BCUT2D eigenvalue weighted by Gasteiger charge is 2.38. The van der Waals surface area contributed by atoms with Gasteiger partial charge in [0, 0.05) is 34.4 Å². The molecular weight excluding hydrogens is 464 g/mol. The molecule has 9 heteroatoms. The fraction of sp³-hybridized carbons (Fsp3) is 0.316. The van der Waals surface area contributed by atoms with Crippen LogP contribution >= 0.6 is 27.7 Å². The highest BCUT2D eigenvalue weighted by molar-refractivity contribution is 9.10.